The van der Waals surface area contributed by atoms with Gasteiger partial charge in [0, 0.05) is 32.7 Å². The van der Waals surface area contributed by atoms with Crippen LogP contribution in [0.25, 0.3) is 0 Å². The number of amides is 1. The standard InChI is InChI=1S/C17H23N5O2/c1-21(2)16(23)14-6-3-5-13(9-14)11-22-8-4-7-17(24,12-22)15-10-18-20-19-15/h3,5-6,9-10,24H,4,7-8,11-12H2,1-2H3,(H,18,19,20)/t17-/m0/s1. The molecule has 3 rings (SSSR count). The molecule has 1 aromatic carbocycles. The molecule has 128 valence electrons. The predicted octanol–water partition coefficient (Wildman–Crippen LogP) is 0.990. The number of carbonyl (C=O) groups excluding carboxylic acids is 1. The molecule has 2 N–H and O–H groups in total. The van der Waals surface area contributed by atoms with Crippen molar-refractivity contribution in [3.63, 3.8) is 0 Å². The Morgan fingerprint density at radius 3 is 3.00 bits per heavy atom. The molecule has 0 unspecified atom stereocenters. The molecule has 1 amide bonds. The van der Waals surface area contributed by atoms with Crippen LogP contribution in [0.5, 0.6) is 0 Å². The molecule has 2 heterocycles. The number of hydrogen-bond donors (Lipinski definition) is 2. The van der Waals surface area contributed by atoms with E-state index in [1.54, 1.807) is 25.2 Å². The predicted molar refractivity (Wildman–Crippen MR) is 89.3 cm³/mol. The van der Waals surface area contributed by atoms with Crippen LogP contribution in [0.3, 0.4) is 0 Å². The number of H-pyrrole nitrogens is 1. The maximum atomic E-state index is 12.1. The fraction of sp³-hybridized carbons (Fsp3) is 0.471. The largest absolute Gasteiger partial charge is 0.382 e. The average molecular weight is 329 g/mol. The topological polar surface area (TPSA) is 85.4 Å². The highest BCUT2D eigenvalue weighted by Crippen LogP contribution is 2.30. The molecule has 7 heteroatoms. The van der Waals surface area contributed by atoms with Crippen LogP contribution in [0.4, 0.5) is 0 Å². The van der Waals surface area contributed by atoms with Gasteiger partial charge in [0.1, 0.15) is 11.3 Å². The molecule has 2 aromatic rings. The summed E-state index contributed by atoms with van der Waals surface area (Å²) in [5.41, 5.74) is 1.36. The summed E-state index contributed by atoms with van der Waals surface area (Å²) < 4.78 is 0. The number of piperidine rings is 1. The number of hydrogen-bond acceptors (Lipinski definition) is 5. The van der Waals surface area contributed by atoms with E-state index in [0.29, 0.717) is 30.8 Å². The summed E-state index contributed by atoms with van der Waals surface area (Å²) in [7, 11) is 3.50. The second-order valence-corrected chi connectivity index (χ2v) is 6.60. The van der Waals surface area contributed by atoms with Crippen LogP contribution in [0, 0.1) is 0 Å². The normalized spacial score (nSPS) is 21.6. The first-order chi connectivity index (χ1) is 11.5. The van der Waals surface area contributed by atoms with Crippen molar-refractivity contribution in [2.75, 3.05) is 27.2 Å². The number of aliphatic hydroxyl groups is 1. The van der Waals surface area contributed by atoms with Gasteiger partial charge in [-0.3, -0.25) is 9.69 Å². The first kappa shape index (κ1) is 16.6. The molecule has 0 radical (unpaired) electrons. The molecule has 24 heavy (non-hydrogen) atoms. The zero-order valence-electron chi connectivity index (χ0n) is 14.1. The Bertz CT molecular complexity index is 701. The summed E-state index contributed by atoms with van der Waals surface area (Å²) in [6.07, 6.45) is 3.15. The molecule has 0 saturated carbocycles. The Balaban J connectivity index is 1.72. The summed E-state index contributed by atoms with van der Waals surface area (Å²) in [6.45, 7) is 2.10. The van der Waals surface area contributed by atoms with E-state index >= 15 is 0 Å². The van der Waals surface area contributed by atoms with E-state index in [9.17, 15) is 9.90 Å². The molecule has 1 aliphatic heterocycles. The highest BCUT2D eigenvalue weighted by atomic mass is 16.3. The van der Waals surface area contributed by atoms with E-state index in [2.05, 4.69) is 20.3 Å². The molecule has 1 aliphatic rings. The first-order valence-corrected chi connectivity index (χ1v) is 8.09. The van der Waals surface area contributed by atoms with Crippen molar-refractivity contribution in [1.82, 2.24) is 25.2 Å². The molecule has 1 aromatic heterocycles. The average Bonchev–Trinajstić information content (AvgIpc) is 3.10. The van der Waals surface area contributed by atoms with Crippen molar-refractivity contribution in [2.24, 2.45) is 0 Å². The summed E-state index contributed by atoms with van der Waals surface area (Å²) in [4.78, 5) is 15.9. The molecule has 0 spiro atoms. The quantitative estimate of drug-likeness (QED) is 0.874. The molecular weight excluding hydrogens is 306 g/mol. The molecule has 0 aliphatic carbocycles. The van der Waals surface area contributed by atoms with Gasteiger partial charge in [0.2, 0.25) is 0 Å². The maximum Gasteiger partial charge on any atom is 0.253 e. The van der Waals surface area contributed by atoms with Crippen LogP contribution in [0.15, 0.2) is 30.5 Å². The van der Waals surface area contributed by atoms with Crippen molar-refractivity contribution in [3.05, 3.63) is 47.3 Å². The number of nitrogens with zero attached hydrogens (tertiary/aromatic N) is 4. The fourth-order valence-electron chi connectivity index (χ4n) is 3.21. The lowest BCUT2D eigenvalue weighted by Crippen LogP contribution is -2.45. The van der Waals surface area contributed by atoms with Gasteiger partial charge in [-0.2, -0.15) is 15.4 Å². The molecule has 0 bridgehead atoms. The van der Waals surface area contributed by atoms with Gasteiger partial charge in [-0.25, -0.2) is 0 Å². The maximum absolute atomic E-state index is 12.1. The minimum atomic E-state index is -0.970. The van der Waals surface area contributed by atoms with Crippen LogP contribution < -0.4 is 0 Å². The van der Waals surface area contributed by atoms with Crippen LogP contribution in [-0.4, -0.2) is 63.4 Å². The van der Waals surface area contributed by atoms with Gasteiger partial charge < -0.3 is 10.0 Å². The van der Waals surface area contributed by atoms with Crippen LogP contribution in [0.2, 0.25) is 0 Å². The number of likely N-dealkylation sites (tertiary alicyclic amines) is 1. The summed E-state index contributed by atoms with van der Waals surface area (Å²) >= 11 is 0. The zero-order chi connectivity index (χ0) is 17.2. The van der Waals surface area contributed by atoms with Crippen molar-refractivity contribution in [2.45, 2.75) is 25.0 Å². The van der Waals surface area contributed by atoms with Gasteiger partial charge in [-0.15, -0.1) is 0 Å². The third-order valence-corrected chi connectivity index (χ3v) is 4.43. The molecule has 1 saturated heterocycles. The highest BCUT2D eigenvalue weighted by molar-refractivity contribution is 5.94. The van der Waals surface area contributed by atoms with Crippen LogP contribution in [-0.2, 0) is 12.1 Å². The third-order valence-electron chi connectivity index (χ3n) is 4.43. The minimum Gasteiger partial charge on any atom is -0.382 e. The minimum absolute atomic E-state index is 0.00500. The summed E-state index contributed by atoms with van der Waals surface area (Å²) in [5.74, 6) is -0.00500. The molecular formula is C17H23N5O2. The van der Waals surface area contributed by atoms with E-state index < -0.39 is 5.60 Å². The van der Waals surface area contributed by atoms with Gasteiger partial charge in [0.05, 0.1) is 6.20 Å². The smallest absolute Gasteiger partial charge is 0.253 e. The number of rotatable bonds is 4. The highest BCUT2D eigenvalue weighted by Gasteiger charge is 2.37. The Morgan fingerprint density at radius 2 is 2.29 bits per heavy atom. The molecule has 1 atom stereocenters. The zero-order valence-corrected chi connectivity index (χ0v) is 14.1. The van der Waals surface area contributed by atoms with Crippen LogP contribution >= 0.6 is 0 Å². The van der Waals surface area contributed by atoms with Crippen molar-refractivity contribution < 1.29 is 9.90 Å². The Morgan fingerprint density at radius 1 is 1.46 bits per heavy atom. The second kappa shape index (κ2) is 6.70. The van der Waals surface area contributed by atoms with E-state index in [0.717, 1.165) is 18.5 Å². The van der Waals surface area contributed by atoms with Crippen LogP contribution in [0.1, 0.15) is 34.5 Å². The van der Waals surface area contributed by atoms with Gasteiger partial charge in [-0.05, 0) is 37.1 Å². The summed E-state index contributed by atoms with van der Waals surface area (Å²) in [5, 5.41) is 21.3. The SMILES string of the molecule is CN(C)C(=O)c1cccc(CN2CCC[C@@](O)(c3cn[nH]n3)C2)c1. The van der Waals surface area contributed by atoms with E-state index in [4.69, 9.17) is 0 Å². The van der Waals surface area contributed by atoms with E-state index in [1.165, 1.54) is 0 Å². The number of carbonyl (C=O) groups is 1. The summed E-state index contributed by atoms with van der Waals surface area (Å²) in [6, 6.07) is 7.66. The number of aromatic nitrogens is 3. The second-order valence-electron chi connectivity index (χ2n) is 6.60. The molecule has 7 nitrogen and oxygen atoms in total. The lowest BCUT2D eigenvalue weighted by molar-refractivity contribution is -0.0414. The van der Waals surface area contributed by atoms with E-state index in [-0.39, 0.29) is 5.91 Å². The van der Waals surface area contributed by atoms with Gasteiger partial charge in [0.25, 0.3) is 5.91 Å². The Labute approximate surface area is 141 Å². The molecule has 1 fully saturated rings. The van der Waals surface area contributed by atoms with E-state index in [1.807, 2.05) is 24.3 Å². The Kier molecular flexibility index (Phi) is 4.64. The lowest BCUT2D eigenvalue weighted by atomic mass is 9.90. The van der Waals surface area contributed by atoms with Gasteiger partial charge in [0.15, 0.2) is 0 Å². The van der Waals surface area contributed by atoms with Crippen molar-refractivity contribution in [1.29, 1.82) is 0 Å². The number of aromatic amines is 1. The number of nitrogens with one attached hydrogen (secondary N) is 1. The lowest BCUT2D eigenvalue weighted by Gasteiger charge is -2.38. The number of β-amino-alcohol motifs (C(OH)–C–C–N with tert-alkyl or cyclic N) is 1. The fourth-order valence-corrected chi connectivity index (χ4v) is 3.21. The third kappa shape index (κ3) is 3.47. The number of benzene rings is 1. The monoisotopic (exact) mass is 329 g/mol. The van der Waals surface area contributed by atoms with Gasteiger partial charge >= 0.3 is 0 Å². The van der Waals surface area contributed by atoms with Gasteiger partial charge in [-0.1, -0.05) is 12.1 Å². The Hall–Kier alpha value is -2.25. The van der Waals surface area contributed by atoms with Crippen molar-refractivity contribution >= 4 is 5.91 Å². The first-order valence-electron chi connectivity index (χ1n) is 8.09. The van der Waals surface area contributed by atoms with Crippen molar-refractivity contribution in [3.8, 4) is 0 Å².